The average molecular weight is 371 g/mol. The van der Waals surface area contributed by atoms with E-state index in [9.17, 15) is 18.0 Å². The summed E-state index contributed by atoms with van der Waals surface area (Å²) in [7, 11) is 0. The second-order valence-electron chi connectivity index (χ2n) is 5.47. The smallest absolute Gasteiger partial charge is 0.419 e. The Morgan fingerprint density at radius 2 is 1.73 bits per heavy atom. The Hall–Kier alpha value is -2.85. The Kier molecular flexibility index (Phi) is 4.96. The molecule has 0 radical (unpaired) electrons. The quantitative estimate of drug-likeness (QED) is 0.755. The SMILES string of the molecule is CCOC(=O)c1cnc(N2CCN(c3ncc(C(F)(F)F)cn3)CC2)o1. The molecule has 0 N–H and O–H groups in total. The van der Waals surface area contributed by atoms with Crippen molar-refractivity contribution in [3.05, 3.63) is 29.9 Å². The average Bonchev–Trinajstić information content (AvgIpc) is 3.12. The van der Waals surface area contributed by atoms with Crippen LogP contribution in [0.2, 0.25) is 0 Å². The standard InChI is InChI=1S/C15H16F3N5O3/c1-2-25-12(24)11-9-21-14(26-11)23-5-3-22(4-6-23)13-19-7-10(8-20-13)15(16,17)18/h7-9H,2-6H2,1H3. The number of oxazole rings is 1. The number of piperazine rings is 1. The van der Waals surface area contributed by atoms with Gasteiger partial charge in [-0.05, 0) is 6.92 Å². The van der Waals surface area contributed by atoms with Gasteiger partial charge in [0.2, 0.25) is 11.7 Å². The molecule has 0 aromatic carbocycles. The third kappa shape index (κ3) is 3.86. The van der Waals surface area contributed by atoms with Gasteiger partial charge >= 0.3 is 12.1 Å². The molecule has 2 aromatic rings. The van der Waals surface area contributed by atoms with Gasteiger partial charge in [0.25, 0.3) is 6.01 Å². The fourth-order valence-electron chi connectivity index (χ4n) is 2.44. The van der Waals surface area contributed by atoms with Crippen molar-refractivity contribution in [1.29, 1.82) is 0 Å². The molecule has 1 saturated heterocycles. The van der Waals surface area contributed by atoms with E-state index in [0.29, 0.717) is 32.2 Å². The molecule has 2 aromatic heterocycles. The van der Waals surface area contributed by atoms with Crippen molar-refractivity contribution in [3.8, 4) is 0 Å². The molecule has 11 heteroatoms. The van der Waals surface area contributed by atoms with Gasteiger partial charge in [-0.3, -0.25) is 0 Å². The van der Waals surface area contributed by atoms with Gasteiger partial charge in [0.1, 0.15) is 0 Å². The molecule has 0 aliphatic carbocycles. The zero-order chi connectivity index (χ0) is 18.7. The van der Waals surface area contributed by atoms with Crippen LogP contribution in [-0.4, -0.2) is 53.7 Å². The van der Waals surface area contributed by atoms with Gasteiger partial charge in [-0.15, -0.1) is 0 Å². The number of halogens is 3. The number of hydrogen-bond donors (Lipinski definition) is 0. The van der Waals surface area contributed by atoms with Crippen molar-refractivity contribution in [2.24, 2.45) is 0 Å². The second kappa shape index (κ2) is 7.18. The number of carbonyl (C=O) groups excluding carboxylic acids is 1. The minimum Gasteiger partial charge on any atom is -0.460 e. The van der Waals surface area contributed by atoms with E-state index >= 15 is 0 Å². The van der Waals surface area contributed by atoms with E-state index in [1.807, 2.05) is 4.90 Å². The minimum absolute atomic E-state index is 0.0235. The lowest BCUT2D eigenvalue weighted by Crippen LogP contribution is -2.47. The lowest BCUT2D eigenvalue weighted by Gasteiger charge is -2.33. The molecule has 0 saturated carbocycles. The van der Waals surface area contributed by atoms with Gasteiger partial charge < -0.3 is 19.0 Å². The van der Waals surface area contributed by atoms with Gasteiger partial charge in [0, 0.05) is 38.6 Å². The van der Waals surface area contributed by atoms with Crippen molar-refractivity contribution in [2.75, 3.05) is 42.6 Å². The van der Waals surface area contributed by atoms with Crippen molar-refractivity contribution in [3.63, 3.8) is 0 Å². The number of rotatable bonds is 4. The highest BCUT2D eigenvalue weighted by Gasteiger charge is 2.32. The molecule has 0 bridgehead atoms. The molecule has 1 aliphatic heterocycles. The van der Waals surface area contributed by atoms with E-state index in [1.54, 1.807) is 11.8 Å². The van der Waals surface area contributed by atoms with Gasteiger partial charge in [0.05, 0.1) is 18.4 Å². The number of esters is 1. The topological polar surface area (TPSA) is 84.6 Å². The molecule has 0 atom stereocenters. The summed E-state index contributed by atoms with van der Waals surface area (Å²) < 4.78 is 47.9. The zero-order valence-corrected chi connectivity index (χ0v) is 13.9. The number of hydrogen-bond acceptors (Lipinski definition) is 8. The molecule has 140 valence electrons. The van der Waals surface area contributed by atoms with E-state index in [-0.39, 0.29) is 18.3 Å². The highest BCUT2D eigenvalue weighted by Crippen LogP contribution is 2.28. The van der Waals surface area contributed by atoms with Gasteiger partial charge in [-0.2, -0.15) is 13.2 Å². The molecular formula is C15H16F3N5O3. The first-order valence-corrected chi connectivity index (χ1v) is 7.90. The first-order valence-electron chi connectivity index (χ1n) is 7.90. The molecule has 26 heavy (non-hydrogen) atoms. The maximum absolute atomic E-state index is 12.6. The van der Waals surface area contributed by atoms with E-state index in [0.717, 1.165) is 12.4 Å². The molecule has 0 unspecified atom stereocenters. The first kappa shape index (κ1) is 18.0. The summed E-state index contributed by atoms with van der Waals surface area (Å²) in [6.45, 7) is 3.86. The van der Waals surface area contributed by atoms with Crippen LogP contribution >= 0.6 is 0 Å². The van der Waals surface area contributed by atoms with Crippen molar-refractivity contribution < 1.29 is 27.1 Å². The molecular weight excluding hydrogens is 355 g/mol. The van der Waals surface area contributed by atoms with E-state index in [4.69, 9.17) is 9.15 Å². The summed E-state index contributed by atoms with van der Waals surface area (Å²) in [4.78, 5) is 26.8. The summed E-state index contributed by atoms with van der Waals surface area (Å²) in [5.74, 6) is -0.323. The van der Waals surface area contributed by atoms with E-state index in [2.05, 4.69) is 15.0 Å². The molecule has 3 rings (SSSR count). The molecule has 1 aliphatic rings. The Balaban J connectivity index is 1.60. The summed E-state index contributed by atoms with van der Waals surface area (Å²) in [6, 6.07) is 0.293. The fraction of sp³-hybridized carbons (Fsp3) is 0.467. The summed E-state index contributed by atoms with van der Waals surface area (Å²) in [5, 5.41) is 0. The van der Waals surface area contributed by atoms with Crippen LogP contribution in [0.1, 0.15) is 23.0 Å². The van der Waals surface area contributed by atoms with Crippen LogP contribution in [0, 0.1) is 0 Å². The van der Waals surface area contributed by atoms with E-state index < -0.39 is 17.7 Å². The Labute approximate surface area is 146 Å². The summed E-state index contributed by atoms with van der Waals surface area (Å²) in [6.07, 6.45) is -1.61. The second-order valence-corrected chi connectivity index (χ2v) is 5.47. The Morgan fingerprint density at radius 3 is 2.31 bits per heavy atom. The van der Waals surface area contributed by atoms with Crippen molar-refractivity contribution >= 4 is 17.9 Å². The maximum atomic E-state index is 12.6. The predicted octanol–water partition coefficient (Wildman–Crippen LogP) is 1.99. The number of aromatic nitrogens is 3. The molecule has 0 spiro atoms. The van der Waals surface area contributed by atoms with Crippen LogP contribution in [0.15, 0.2) is 23.0 Å². The normalized spacial score (nSPS) is 15.2. The van der Waals surface area contributed by atoms with Crippen LogP contribution in [-0.2, 0) is 10.9 Å². The largest absolute Gasteiger partial charge is 0.460 e. The van der Waals surface area contributed by atoms with Gasteiger partial charge in [0.15, 0.2) is 0 Å². The van der Waals surface area contributed by atoms with E-state index in [1.165, 1.54) is 6.20 Å². The minimum atomic E-state index is -4.46. The van der Waals surface area contributed by atoms with Crippen LogP contribution < -0.4 is 9.80 Å². The molecule has 0 amide bonds. The maximum Gasteiger partial charge on any atom is 0.419 e. The number of alkyl halides is 3. The predicted molar refractivity (Wildman–Crippen MR) is 83.9 cm³/mol. The lowest BCUT2D eigenvalue weighted by atomic mass is 10.3. The lowest BCUT2D eigenvalue weighted by molar-refractivity contribution is -0.138. The van der Waals surface area contributed by atoms with Gasteiger partial charge in [-0.25, -0.2) is 19.7 Å². The summed E-state index contributed by atoms with van der Waals surface area (Å²) >= 11 is 0. The monoisotopic (exact) mass is 371 g/mol. The number of anilines is 2. The first-order chi connectivity index (χ1) is 12.4. The van der Waals surface area contributed by atoms with Crippen LogP contribution in [0.4, 0.5) is 25.1 Å². The van der Waals surface area contributed by atoms with Gasteiger partial charge in [-0.1, -0.05) is 0 Å². The number of carbonyl (C=O) groups is 1. The van der Waals surface area contributed by atoms with Crippen LogP contribution in [0.3, 0.4) is 0 Å². The number of nitrogens with zero attached hydrogens (tertiary/aromatic N) is 5. The van der Waals surface area contributed by atoms with Crippen molar-refractivity contribution in [2.45, 2.75) is 13.1 Å². The fourth-order valence-corrected chi connectivity index (χ4v) is 2.44. The summed E-state index contributed by atoms with van der Waals surface area (Å²) in [5.41, 5.74) is -0.883. The third-order valence-corrected chi connectivity index (χ3v) is 3.77. The van der Waals surface area contributed by atoms with Crippen LogP contribution in [0.25, 0.3) is 0 Å². The van der Waals surface area contributed by atoms with Crippen LogP contribution in [0.5, 0.6) is 0 Å². The molecule has 8 nitrogen and oxygen atoms in total. The van der Waals surface area contributed by atoms with Crippen molar-refractivity contribution in [1.82, 2.24) is 15.0 Å². The Bertz CT molecular complexity index is 755. The number of ether oxygens (including phenoxy) is 1. The molecule has 3 heterocycles. The Morgan fingerprint density at radius 1 is 1.12 bits per heavy atom. The highest BCUT2D eigenvalue weighted by atomic mass is 19.4. The molecule has 1 fully saturated rings. The highest BCUT2D eigenvalue weighted by molar-refractivity contribution is 5.86. The third-order valence-electron chi connectivity index (χ3n) is 3.77. The zero-order valence-electron chi connectivity index (χ0n) is 13.9.